The summed E-state index contributed by atoms with van der Waals surface area (Å²) < 4.78 is 5.40. The first-order valence-corrected chi connectivity index (χ1v) is 15.5. The molecule has 0 atom stereocenters. The normalized spacial score (nSPS) is 16.3. The van der Waals surface area contributed by atoms with Gasteiger partial charge in [-0.1, -0.05) is 151 Å². The van der Waals surface area contributed by atoms with Gasteiger partial charge in [-0.05, 0) is 56.3 Å². The number of unbranched alkanes of at least 4 members (excludes halogenated alkanes) is 12. The number of esters is 1. The average Bonchev–Trinajstić information content (AvgIpc) is 2.86. The monoisotopic (exact) mass is 522 g/mol. The second-order valence-corrected chi connectivity index (χ2v) is 11.8. The smallest absolute Gasteiger partial charge is 0.306 e. The molecule has 0 aromatic rings. The van der Waals surface area contributed by atoms with Crippen LogP contribution in [-0.2, 0) is 9.53 Å². The first-order chi connectivity index (χ1) is 18.3. The molecule has 1 rings (SSSR count). The molecule has 0 aliphatic heterocycles. The molecule has 1 aliphatic rings. The maximum atomic E-state index is 12.0. The zero-order valence-electron chi connectivity index (χ0n) is 25.7. The fourth-order valence-electron chi connectivity index (χ4n) is 4.94. The highest BCUT2D eigenvalue weighted by Crippen LogP contribution is 2.37. The van der Waals surface area contributed by atoms with Crippen LogP contribution in [0.3, 0.4) is 0 Å². The van der Waals surface area contributed by atoms with Crippen molar-refractivity contribution in [1.82, 2.24) is 0 Å². The molecule has 38 heavy (non-hydrogen) atoms. The van der Waals surface area contributed by atoms with Crippen LogP contribution in [0.4, 0.5) is 0 Å². The third kappa shape index (κ3) is 16.7. The molecule has 1 aliphatic carbocycles. The van der Waals surface area contributed by atoms with Crippen molar-refractivity contribution in [3.63, 3.8) is 0 Å². The molecule has 0 saturated heterocycles. The largest absolute Gasteiger partial charge is 0.461 e. The Hall–Kier alpha value is -2.09. The summed E-state index contributed by atoms with van der Waals surface area (Å²) in [5.41, 5.74) is 5.26. The van der Waals surface area contributed by atoms with Crippen molar-refractivity contribution >= 4 is 5.97 Å². The third-order valence-electron chi connectivity index (χ3n) is 7.52. The molecule has 0 aromatic carbocycles. The van der Waals surface area contributed by atoms with E-state index in [-0.39, 0.29) is 11.4 Å². The Morgan fingerprint density at radius 3 is 2.03 bits per heavy atom. The Balaban J connectivity index is 2.14. The zero-order chi connectivity index (χ0) is 28.1. The minimum absolute atomic E-state index is 0.0768. The number of carbonyl (C=O) groups is 1. The zero-order valence-corrected chi connectivity index (χ0v) is 25.7. The molecule has 0 amide bonds. The molecule has 0 bridgehead atoms. The fourth-order valence-corrected chi connectivity index (χ4v) is 4.94. The summed E-state index contributed by atoms with van der Waals surface area (Å²) in [6.07, 6.45) is 35.9. The van der Waals surface area contributed by atoms with Crippen molar-refractivity contribution in [1.29, 1.82) is 0 Å². The van der Waals surface area contributed by atoms with Gasteiger partial charge in [-0.2, -0.15) is 0 Å². The van der Waals surface area contributed by atoms with E-state index < -0.39 is 0 Å². The third-order valence-corrected chi connectivity index (χ3v) is 7.52. The summed E-state index contributed by atoms with van der Waals surface area (Å²) in [5.74, 6) is -0.0768. The molecule has 2 heteroatoms. The van der Waals surface area contributed by atoms with Crippen molar-refractivity contribution in [3.05, 3.63) is 70.9 Å². The van der Waals surface area contributed by atoms with Gasteiger partial charge in [0.2, 0.25) is 0 Å². The van der Waals surface area contributed by atoms with Gasteiger partial charge >= 0.3 is 5.97 Å². The van der Waals surface area contributed by atoms with Crippen molar-refractivity contribution in [2.24, 2.45) is 5.41 Å². The van der Waals surface area contributed by atoms with Gasteiger partial charge in [0.25, 0.3) is 0 Å². The predicted molar refractivity (Wildman–Crippen MR) is 167 cm³/mol. The first-order valence-electron chi connectivity index (χ1n) is 15.5. The molecule has 0 unspecified atom stereocenters. The van der Waals surface area contributed by atoms with Crippen LogP contribution in [0.2, 0.25) is 0 Å². The van der Waals surface area contributed by atoms with Gasteiger partial charge in [-0.3, -0.25) is 4.79 Å². The molecule has 0 heterocycles. The Morgan fingerprint density at radius 1 is 0.868 bits per heavy atom. The van der Waals surface area contributed by atoms with Crippen molar-refractivity contribution < 1.29 is 9.53 Å². The highest BCUT2D eigenvalue weighted by Gasteiger charge is 2.23. The van der Waals surface area contributed by atoms with Gasteiger partial charge in [0.1, 0.15) is 6.61 Å². The molecule has 0 fully saturated rings. The molecule has 0 N–H and O–H groups in total. The summed E-state index contributed by atoms with van der Waals surface area (Å²) >= 11 is 0. The maximum Gasteiger partial charge on any atom is 0.306 e. The van der Waals surface area contributed by atoms with Gasteiger partial charge < -0.3 is 4.74 Å². The molecule has 0 radical (unpaired) electrons. The number of allylic oxidation sites excluding steroid dienone is 11. The highest BCUT2D eigenvalue weighted by atomic mass is 16.5. The molecule has 0 saturated carbocycles. The van der Waals surface area contributed by atoms with Crippen LogP contribution >= 0.6 is 0 Å². The summed E-state index contributed by atoms with van der Waals surface area (Å²) in [6.45, 7) is 13.6. The highest BCUT2D eigenvalue weighted by molar-refractivity contribution is 5.69. The quantitative estimate of drug-likeness (QED) is 0.0902. The number of rotatable bonds is 20. The topological polar surface area (TPSA) is 26.3 Å². The second kappa shape index (κ2) is 20.8. The van der Waals surface area contributed by atoms with Gasteiger partial charge in [0.05, 0.1) is 0 Å². The molecule has 0 spiro atoms. The van der Waals surface area contributed by atoms with E-state index in [0.717, 1.165) is 24.8 Å². The van der Waals surface area contributed by atoms with E-state index in [1.165, 1.54) is 87.3 Å². The SMILES string of the molecule is CCCCCCCCCCCCCCCC(=O)OC/C=C(C)/C=C/C=C(C)/C=C/C1=C(C)C=CCC1(C)C. The van der Waals surface area contributed by atoms with Crippen molar-refractivity contribution in [2.45, 2.75) is 138 Å². The van der Waals surface area contributed by atoms with Crippen LogP contribution in [0.15, 0.2) is 70.9 Å². The first kappa shape index (κ1) is 33.9. The van der Waals surface area contributed by atoms with E-state index in [0.29, 0.717) is 13.0 Å². The molecular weight excluding hydrogens is 464 g/mol. The number of carbonyl (C=O) groups excluding carboxylic acids is 1. The van der Waals surface area contributed by atoms with Gasteiger partial charge in [-0.15, -0.1) is 0 Å². The number of hydrogen-bond donors (Lipinski definition) is 0. The van der Waals surface area contributed by atoms with Crippen LogP contribution < -0.4 is 0 Å². The second-order valence-electron chi connectivity index (χ2n) is 11.8. The van der Waals surface area contributed by atoms with Crippen LogP contribution in [0.5, 0.6) is 0 Å². The van der Waals surface area contributed by atoms with E-state index in [1.807, 2.05) is 13.0 Å². The summed E-state index contributed by atoms with van der Waals surface area (Å²) in [6, 6.07) is 0. The van der Waals surface area contributed by atoms with E-state index in [4.69, 9.17) is 4.74 Å². The molecular formula is C36H58O2. The molecule has 2 nitrogen and oxygen atoms in total. The minimum atomic E-state index is -0.0768. The van der Waals surface area contributed by atoms with Gasteiger partial charge in [0.15, 0.2) is 0 Å². The Kier molecular flexibility index (Phi) is 18.6. The van der Waals surface area contributed by atoms with Crippen LogP contribution in [0, 0.1) is 5.41 Å². The van der Waals surface area contributed by atoms with Crippen LogP contribution in [0.25, 0.3) is 0 Å². The van der Waals surface area contributed by atoms with Crippen LogP contribution in [-0.4, -0.2) is 12.6 Å². The minimum Gasteiger partial charge on any atom is -0.461 e. The summed E-state index contributed by atoms with van der Waals surface area (Å²) in [7, 11) is 0. The Bertz CT molecular complexity index is 845. The van der Waals surface area contributed by atoms with Crippen molar-refractivity contribution in [2.75, 3.05) is 6.61 Å². The fraction of sp³-hybridized carbons (Fsp3) is 0.639. The molecule has 0 aromatic heterocycles. The summed E-state index contributed by atoms with van der Waals surface area (Å²) in [4.78, 5) is 12.0. The van der Waals surface area contributed by atoms with Crippen LogP contribution in [0.1, 0.15) is 138 Å². The van der Waals surface area contributed by atoms with E-state index >= 15 is 0 Å². The lowest BCUT2D eigenvalue weighted by atomic mass is 9.75. The molecule has 214 valence electrons. The summed E-state index contributed by atoms with van der Waals surface area (Å²) in [5, 5.41) is 0. The number of ether oxygens (including phenoxy) is 1. The van der Waals surface area contributed by atoms with Gasteiger partial charge in [0, 0.05) is 6.42 Å². The predicted octanol–water partition coefficient (Wildman–Crippen LogP) is 11.3. The van der Waals surface area contributed by atoms with Gasteiger partial charge in [-0.25, -0.2) is 0 Å². The lowest BCUT2D eigenvalue weighted by Gasteiger charge is -2.29. The Morgan fingerprint density at radius 2 is 1.45 bits per heavy atom. The average molecular weight is 523 g/mol. The maximum absolute atomic E-state index is 12.0. The standard InChI is InChI=1S/C36H58O2/c1-7-8-9-10-11-12-13-14-15-16-17-18-19-25-35(37)38-30-28-32(3)23-20-22-31(2)26-27-34-33(4)24-21-29-36(34,5)6/h20-24,26-28H,7-19,25,29-30H2,1-6H3/b23-20+,27-26+,31-22+,32-28+. The lowest BCUT2D eigenvalue weighted by Crippen LogP contribution is -2.16. The van der Waals surface area contributed by atoms with E-state index in [2.05, 4.69) is 77.2 Å². The van der Waals surface area contributed by atoms with Crippen molar-refractivity contribution in [3.8, 4) is 0 Å². The Labute approximate surface area is 236 Å². The lowest BCUT2D eigenvalue weighted by molar-refractivity contribution is -0.142. The number of hydrogen-bond acceptors (Lipinski definition) is 2. The van der Waals surface area contributed by atoms with E-state index in [1.54, 1.807) is 0 Å². The van der Waals surface area contributed by atoms with E-state index in [9.17, 15) is 4.79 Å².